The van der Waals surface area contributed by atoms with Crippen LogP contribution in [0.3, 0.4) is 0 Å². The number of amides is 3. The molecule has 0 atom stereocenters. The van der Waals surface area contributed by atoms with Gasteiger partial charge in [0.2, 0.25) is 5.91 Å². The fourth-order valence-corrected chi connectivity index (χ4v) is 3.87. The summed E-state index contributed by atoms with van der Waals surface area (Å²) in [6.45, 7) is 3.27. The highest BCUT2D eigenvalue weighted by Crippen LogP contribution is 2.26. The number of piperidine rings is 1. The quantitative estimate of drug-likeness (QED) is 0.790. The third-order valence-corrected chi connectivity index (χ3v) is 5.41. The van der Waals surface area contributed by atoms with Crippen molar-refractivity contribution in [1.82, 2.24) is 9.80 Å². The SMILES string of the molecule is CN1C(=O)c2ccc(NC(=O)CN3CCC(C4OCCO4)CC3)cc2C1=O. The van der Waals surface area contributed by atoms with Gasteiger partial charge < -0.3 is 14.8 Å². The summed E-state index contributed by atoms with van der Waals surface area (Å²) in [5, 5.41) is 2.82. The number of rotatable bonds is 4. The van der Waals surface area contributed by atoms with Gasteiger partial charge in [-0.05, 0) is 44.1 Å². The molecule has 3 amide bonds. The van der Waals surface area contributed by atoms with Crippen molar-refractivity contribution in [2.45, 2.75) is 19.1 Å². The third-order valence-electron chi connectivity index (χ3n) is 5.41. The number of fused-ring (bicyclic) bond motifs is 1. The molecule has 0 saturated carbocycles. The van der Waals surface area contributed by atoms with Crippen molar-refractivity contribution in [3.63, 3.8) is 0 Å². The number of carbonyl (C=O) groups is 3. The van der Waals surface area contributed by atoms with Gasteiger partial charge >= 0.3 is 0 Å². The molecule has 2 fully saturated rings. The predicted molar refractivity (Wildman–Crippen MR) is 96.4 cm³/mol. The summed E-state index contributed by atoms with van der Waals surface area (Å²) in [7, 11) is 1.45. The summed E-state index contributed by atoms with van der Waals surface area (Å²) in [6.07, 6.45) is 1.80. The molecule has 0 bridgehead atoms. The predicted octanol–water partition coefficient (Wildman–Crippen LogP) is 0.936. The minimum atomic E-state index is -0.343. The van der Waals surface area contributed by atoms with Gasteiger partial charge in [0.1, 0.15) is 0 Å². The van der Waals surface area contributed by atoms with Gasteiger partial charge in [0.25, 0.3) is 11.8 Å². The first kappa shape index (κ1) is 18.1. The van der Waals surface area contributed by atoms with Crippen LogP contribution in [-0.4, -0.2) is 73.7 Å². The average Bonchev–Trinajstić information content (AvgIpc) is 3.27. The van der Waals surface area contributed by atoms with E-state index in [4.69, 9.17) is 9.47 Å². The van der Waals surface area contributed by atoms with Gasteiger partial charge in [-0.1, -0.05) is 0 Å². The lowest BCUT2D eigenvalue weighted by Gasteiger charge is -2.33. The fraction of sp³-hybridized carbons (Fsp3) is 0.526. The van der Waals surface area contributed by atoms with E-state index in [0.717, 1.165) is 30.8 Å². The summed E-state index contributed by atoms with van der Waals surface area (Å²) < 4.78 is 11.1. The largest absolute Gasteiger partial charge is 0.350 e. The summed E-state index contributed by atoms with van der Waals surface area (Å²) in [5.41, 5.74) is 1.23. The van der Waals surface area contributed by atoms with E-state index in [2.05, 4.69) is 10.2 Å². The first-order valence-corrected chi connectivity index (χ1v) is 9.25. The van der Waals surface area contributed by atoms with Crippen molar-refractivity contribution in [3.05, 3.63) is 29.3 Å². The summed E-state index contributed by atoms with van der Waals surface area (Å²) in [5.74, 6) is -0.397. The molecule has 8 heteroatoms. The molecule has 0 radical (unpaired) electrons. The average molecular weight is 373 g/mol. The maximum absolute atomic E-state index is 12.4. The second-order valence-corrected chi connectivity index (χ2v) is 7.20. The molecule has 1 aromatic rings. The first-order chi connectivity index (χ1) is 13.0. The molecule has 0 aliphatic carbocycles. The number of hydrogen-bond donors (Lipinski definition) is 1. The molecule has 27 heavy (non-hydrogen) atoms. The molecular formula is C19H23N3O5. The third kappa shape index (κ3) is 3.60. The van der Waals surface area contributed by atoms with E-state index >= 15 is 0 Å². The molecule has 1 N–H and O–H groups in total. The van der Waals surface area contributed by atoms with Crippen molar-refractivity contribution in [3.8, 4) is 0 Å². The lowest BCUT2D eigenvalue weighted by Crippen LogP contribution is -2.41. The Hall–Kier alpha value is -2.29. The van der Waals surface area contributed by atoms with E-state index < -0.39 is 0 Å². The highest BCUT2D eigenvalue weighted by Gasteiger charge is 2.33. The molecule has 8 nitrogen and oxygen atoms in total. The molecular weight excluding hydrogens is 350 g/mol. The van der Waals surface area contributed by atoms with Gasteiger partial charge in [-0.25, -0.2) is 0 Å². The van der Waals surface area contributed by atoms with Crippen LogP contribution in [0.1, 0.15) is 33.6 Å². The van der Waals surface area contributed by atoms with Crippen molar-refractivity contribution in [2.75, 3.05) is 45.2 Å². The Bertz CT molecular complexity index is 767. The van der Waals surface area contributed by atoms with Crippen LogP contribution in [0.2, 0.25) is 0 Å². The zero-order chi connectivity index (χ0) is 19.0. The summed E-state index contributed by atoms with van der Waals surface area (Å²) >= 11 is 0. The van der Waals surface area contributed by atoms with Crippen LogP contribution in [-0.2, 0) is 14.3 Å². The molecule has 3 aliphatic heterocycles. The molecule has 0 aromatic heterocycles. The molecule has 144 valence electrons. The molecule has 1 aromatic carbocycles. The molecule has 3 heterocycles. The number of nitrogens with one attached hydrogen (secondary N) is 1. The maximum Gasteiger partial charge on any atom is 0.261 e. The second kappa shape index (κ2) is 7.38. The van der Waals surface area contributed by atoms with Crippen molar-refractivity contribution < 1.29 is 23.9 Å². The molecule has 0 unspecified atom stereocenters. The fourth-order valence-electron chi connectivity index (χ4n) is 3.87. The van der Waals surface area contributed by atoms with Gasteiger partial charge in [-0.3, -0.25) is 24.2 Å². The Morgan fingerprint density at radius 1 is 1.11 bits per heavy atom. The lowest BCUT2D eigenvalue weighted by molar-refractivity contribution is -0.119. The normalized spacial score (nSPS) is 21.7. The lowest BCUT2D eigenvalue weighted by atomic mass is 9.96. The Kier molecular flexibility index (Phi) is 4.94. The van der Waals surface area contributed by atoms with Crippen LogP contribution < -0.4 is 5.32 Å². The number of likely N-dealkylation sites (tertiary alicyclic amines) is 1. The van der Waals surface area contributed by atoms with Crippen molar-refractivity contribution in [1.29, 1.82) is 0 Å². The van der Waals surface area contributed by atoms with Crippen molar-refractivity contribution >= 4 is 23.4 Å². The number of carbonyl (C=O) groups excluding carboxylic acids is 3. The number of imide groups is 1. The first-order valence-electron chi connectivity index (χ1n) is 9.25. The second-order valence-electron chi connectivity index (χ2n) is 7.20. The number of benzene rings is 1. The van der Waals surface area contributed by atoms with Gasteiger partial charge in [-0.2, -0.15) is 0 Å². The van der Waals surface area contributed by atoms with E-state index in [0.29, 0.717) is 42.5 Å². The highest BCUT2D eigenvalue weighted by molar-refractivity contribution is 6.21. The summed E-state index contributed by atoms with van der Waals surface area (Å²) in [4.78, 5) is 39.5. The maximum atomic E-state index is 12.4. The Labute approximate surface area is 157 Å². The highest BCUT2D eigenvalue weighted by atomic mass is 16.7. The van der Waals surface area contributed by atoms with Crippen LogP contribution in [0.4, 0.5) is 5.69 Å². The minimum Gasteiger partial charge on any atom is -0.350 e. The number of ether oxygens (including phenoxy) is 2. The van der Waals surface area contributed by atoms with E-state index in [1.165, 1.54) is 7.05 Å². The number of hydrogen-bond acceptors (Lipinski definition) is 6. The minimum absolute atomic E-state index is 0.0919. The number of nitrogens with zero attached hydrogens (tertiary/aromatic N) is 2. The topological polar surface area (TPSA) is 88.2 Å². The van der Waals surface area contributed by atoms with E-state index in [-0.39, 0.29) is 24.0 Å². The molecule has 0 spiro atoms. The van der Waals surface area contributed by atoms with E-state index in [9.17, 15) is 14.4 Å². The Morgan fingerprint density at radius 3 is 2.48 bits per heavy atom. The molecule has 2 saturated heterocycles. The molecule has 3 aliphatic rings. The Morgan fingerprint density at radius 2 is 1.78 bits per heavy atom. The van der Waals surface area contributed by atoms with Crippen LogP contribution in [0, 0.1) is 5.92 Å². The van der Waals surface area contributed by atoms with Gasteiger partial charge in [0, 0.05) is 18.7 Å². The van der Waals surface area contributed by atoms with Gasteiger partial charge in [0.15, 0.2) is 6.29 Å². The molecule has 4 rings (SSSR count). The van der Waals surface area contributed by atoms with E-state index in [1.807, 2.05) is 0 Å². The standard InChI is InChI=1S/C19H23N3O5/c1-21-17(24)14-3-2-13(10-15(14)18(21)25)20-16(23)11-22-6-4-12(5-7-22)19-26-8-9-27-19/h2-3,10,12,19H,4-9,11H2,1H3,(H,20,23). The van der Waals surface area contributed by atoms with Crippen LogP contribution in [0.15, 0.2) is 18.2 Å². The van der Waals surface area contributed by atoms with Gasteiger partial charge in [0.05, 0.1) is 30.9 Å². The zero-order valence-corrected chi connectivity index (χ0v) is 15.3. The van der Waals surface area contributed by atoms with Crippen LogP contribution >= 0.6 is 0 Å². The Balaban J connectivity index is 1.30. The summed E-state index contributed by atoms with van der Waals surface area (Å²) in [6, 6.07) is 4.81. The monoisotopic (exact) mass is 373 g/mol. The van der Waals surface area contributed by atoms with Crippen LogP contribution in [0.25, 0.3) is 0 Å². The zero-order valence-electron chi connectivity index (χ0n) is 15.3. The van der Waals surface area contributed by atoms with Gasteiger partial charge in [-0.15, -0.1) is 0 Å². The van der Waals surface area contributed by atoms with E-state index in [1.54, 1.807) is 18.2 Å². The smallest absolute Gasteiger partial charge is 0.261 e. The number of anilines is 1. The van der Waals surface area contributed by atoms with Crippen molar-refractivity contribution in [2.24, 2.45) is 5.92 Å². The van der Waals surface area contributed by atoms with Crippen LogP contribution in [0.5, 0.6) is 0 Å².